The summed E-state index contributed by atoms with van der Waals surface area (Å²) in [6, 6.07) is 5.50. The zero-order valence-electron chi connectivity index (χ0n) is 16.3. The van der Waals surface area contributed by atoms with Crippen molar-refractivity contribution in [2.45, 2.75) is 62.9 Å². The quantitative estimate of drug-likeness (QED) is 0.479. The van der Waals surface area contributed by atoms with E-state index in [0.717, 1.165) is 5.56 Å². The van der Waals surface area contributed by atoms with Crippen LogP contribution >= 0.6 is 11.6 Å². The van der Waals surface area contributed by atoms with Gasteiger partial charge in [-0.05, 0) is 57.2 Å². The van der Waals surface area contributed by atoms with Gasteiger partial charge in [0.25, 0.3) is 0 Å². The first-order valence-electron chi connectivity index (χ1n) is 9.32. The minimum Gasteiger partial charge on any atom is -0.481 e. The molecule has 4 N–H and O–H groups in total. The highest BCUT2D eigenvalue weighted by Gasteiger charge is 2.48. The SMILES string of the molecule is CC(C)(C(=O)NC1(C(=O)N[C@H](CCC(=O)O)C(=O)O)CCC1)c1ccc(Cl)cc1. The fraction of sp³-hybridized carbons (Fsp3) is 0.500. The van der Waals surface area contributed by atoms with Gasteiger partial charge in [0, 0.05) is 11.4 Å². The molecule has 0 aliphatic heterocycles. The van der Waals surface area contributed by atoms with Crippen LogP contribution in [0.1, 0.15) is 51.5 Å². The minimum absolute atomic E-state index is 0.239. The molecule has 1 aromatic carbocycles. The van der Waals surface area contributed by atoms with Crippen LogP contribution in [0.25, 0.3) is 0 Å². The van der Waals surface area contributed by atoms with Gasteiger partial charge in [-0.2, -0.15) is 0 Å². The molecule has 0 spiro atoms. The average Bonchev–Trinajstić information content (AvgIpc) is 2.61. The number of halogens is 1. The molecule has 2 rings (SSSR count). The van der Waals surface area contributed by atoms with Gasteiger partial charge < -0.3 is 20.8 Å². The number of aliphatic carboxylic acids is 2. The third-order valence-electron chi connectivity index (χ3n) is 5.38. The van der Waals surface area contributed by atoms with E-state index in [4.69, 9.17) is 16.7 Å². The number of rotatable bonds is 9. The second-order valence-electron chi connectivity index (χ2n) is 7.82. The highest BCUT2D eigenvalue weighted by molar-refractivity contribution is 6.30. The number of carbonyl (C=O) groups excluding carboxylic acids is 2. The summed E-state index contributed by atoms with van der Waals surface area (Å²) < 4.78 is 0. The zero-order chi connectivity index (χ0) is 21.8. The highest BCUT2D eigenvalue weighted by Crippen LogP contribution is 2.34. The summed E-state index contributed by atoms with van der Waals surface area (Å²) in [6.45, 7) is 3.45. The van der Waals surface area contributed by atoms with Gasteiger partial charge in [0.05, 0.1) is 5.41 Å². The fourth-order valence-corrected chi connectivity index (χ4v) is 3.26. The maximum absolute atomic E-state index is 13.0. The Hall–Kier alpha value is -2.61. The van der Waals surface area contributed by atoms with Crippen molar-refractivity contribution in [3.8, 4) is 0 Å². The smallest absolute Gasteiger partial charge is 0.326 e. The van der Waals surface area contributed by atoms with Crippen LogP contribution in [-0.4, -0.2) is 45.5 Å². The second kappa shape index (κ2) is 8.82. The van der Waals surface area contributed by atoms with E-state index < -0.39 is 34.8 Å². The van der Waals surface area contributed by atoms with Gasteiger partial charge in [0.15, 0.2) is 0 Å². The number of nitrogens with one attached hydrogen (secondary N) is 2. The van der Waals surface area contributed by atoms with E-state index in [1.807, 2.05) is 0 Å². The molecule has 158 valence electrons. The Kier molecular flexibility index (Phi) is 6.89. The Morgan fingerprint density at radius 2 is 1.72 bits per heavy atom. The maximum Gasteiger partial charge on any atom is 0.326 e. The third kappa shape index (κ3) is 5.26. The molecule has 1 aliphatic rings. The Labute approximate surface area is 173 Å². The van der Waals surface area contributed by atoms with Crippen molar-refractivity contribution < 1.29 is 29.4 Å². The van der Waals surface area contributed by atoms with Gasteiger partial charge in [-0.1, -0.05) is 23.7 Å². The van der Waals surface area contributed by atoms with E-state index in [1.54, 1.807) is 38.1 Å². The van der Waals surface area contributed by atoms with Crippen molar-refractivity contribution >= 4 is 35.4 Å². The first-order valence-corrected chi connectivity index (χ1v) is 9.70. The summed E-state index contributed by atoms with van der Waals surface area (Å²) in [7, 11) is 0. The van der Waals surface area contributed by atoms with E-state index in [2.05, 4.69) is 10.6 Å². The molecule has 0 saturated heterocycles. The van der Waals surface area contributed by atoms with E-state index in [9.17, 15) is 24.3 Å². The summed E-state index contributed by atoms with van der Waals surface area (Å²) in [5.41, 5.74) is -1.42. The zero-order valence-corrected chi connectivity index (χ0v) is 17.1. The highest BCUT2D eigenvalue weighted by atomic mass is 35.5. The van der Waals surface area contributed by atoms with Crippen molar-refractivity contribution in [3.05, 3.63) is 34.9 Å². The average molecular weight is 425 g/mol. The molecule has 8 nitrogen and oxygen atoms in total. The normalized spacial score (nSPS) is 16.2. The van der Waals surface area contributed by atoms with Crippen molar-refractivity contribution in [1.29, 1.82) is 0 Å². The summed E-state index contributed by atoms with van der Waals surface area (Å²) in [5, 5.41) is 23.8. The van der Waals surface area contributed by atoms with Gasteiger partial charge in [-0.15, -0.1) is 0 Å². The van der Waals surface area contributed by atoms with E-state index in [0.29, 0.717) is 24.3 Å². The monoisotopic (exact) mass is 424 g/mol. The van der Waals surface area contributed by atoms with E-state index >= 15 is 0 Å². The molecule has 0 bridgehead atoms. The number of carboxylic acid groups (broad SMARTS) is 2. The van der Waals surface area contributed by atoms with Gasteiger partial charge in [0.1, 0.15) is 11.6 Å². The predicted octanol–water partition coefficient (Wildman–Crippen LogP) is 2.09. The molecule has 1 atom stereocenters. The third-order valence-corrected chi connectivity index (χ3v) is 5.63. The van der Waals surface area contributed by atoms with Crippen LogP contribution < -0.4 is 10.6 Å². The molecule has 1 aliphatic carbocycles. The lowest BCUT2D eigenvalue weighted by Crippen LogP contribution is -2.66. The number of carbonyl (C=O) groups is 4. The summed E-state index contributed by atoms with van der Waals surface area (Å²) in [5.74, 6) is -3.45. The molecule has 1 aromatic rings. The molecule has 1 fully saturated rings. The number of benzene rings is 1. The van der Waals surface area contributed by atoms with Crippen LogP contribution in [0.5, 0.6) is 0 Å². The van der Waals surface area contributed by atoms with Gasteiger partial charge in [-0.3, -0.25) is 14.4 Å². The summed E-state index contributed by atoms with van der Waals surface area (Å²) in [6.07, 6.45) is 0.845. The molecular formula is C20H25ClN2O6. The van der Waals surface area contributed by atoms with Crippen molar-refractivity contribution in [3.63, 3.8) is 0 Å². The topological polar surface area (TPSA) is 133 Å². The number of hydrogen-bond acceptors (Lipinski definition) is 4. The van der Waals surface area contributed by atoms with E-state index in [-0.39, 0.29) is 18.7 Å². The van der Waals surface area contributed by atoms with Gasteiger partial charge in [0.2, 0.25) is 11.8 Å². The molecule has 9 heteroatoms. The second-order valence-corrected chi connectivity index (χ2v) is 8.25. The number of hydrogen-bond donors (Lipinski definition) is 4. The van der Waals surface area contributed by atoms with Crippen LogP contribution in [0.2, 0.25) is 5.02 Å². The molecule has 29 heavy (non-hydrogen) atoms. The molecule has 0 radical (unpaired) electrons. The molecular weight excluding hydrogens is 400 g/mol. The van der Waals surface area contributed by atoms with Crippen LogP contribution in [0.15, 0.2) is 24.3 Å². The molecule has 1 saturated carbocycles. The standard InChI is InChI=1S/C20H25ClN2O6/c1-19(2,12-4-6-13(21)7-5-12)17(28)23-20(10-3-11-20)18(29)22-14(16(26)27)8-9-15(24)25/h4-7,14H,3,8-11H2,1-2H3,(H,22,29)(H,23,28)(H,24,25)(H,26,27)/t14-/m1/s1. The molecule has 0 unspecified atom stereocenters. The first-order chi connectivity index (χ1) is 13.5. The van der Waals surface area contributed by atoms with Crippen molar-refractivity contribution in [1.82, 2.24) is 10.6 Å². The molecule has 0 heterocycles. The fourth-order valence-electron chi connectivity index (χ4n) is 3.13. The number of carboxylic acids is 2. The summed E-state index contributed by atoms with van der Waals surface area (Å²) >= 11 is 5.90. The van der Waals surface area contributed by atoms with Gasteiger partial charge >= 0.3 is 11.9 Å². The van der Waals surface area contributed by atoms with Crippen molar-refractivity contribution in [2.24, 2.45) is 0 Å². The first kappa shape index (κ1) is 22.7. The Balaban J connectivity index is 2.12. The minimum atomic E-state index is -1.34. The lowest BCUT2D eigenvalue weighted by molar-refractivity contribution is -0.146. The predicted molar refractivity (Wildman–Crippen MR) is 106 cm³/mol. The lowest BCUT2D eigenvalue weighted by atomic mass is 9.74. The summed E-state index contributed by atoms with van der Waals surface area (Å²) in [4.78, 5) is 47.9. The Morgan fingerprint density at radius 1 is 1.14 bits per heavy atom. The van der Waals surface area contributed by atoms with Crippen LogP contribution in [0.4, 0.5) is 0 Å². The van der Waals surface area contributed by atoms with Crippen LogP contribution in [0.3, 0.4) is 0 Å². The molecule has 2 amide bonds. The largest absolute Gasteiger partial charge is 0.481 e. The van der Waals surface area contributed by atoms with Crippen molar-refractivity contribution in [2.75, 3.05) is 0 Å². The van der Waals surface area contributed by atoms with Crippen LogP contribution in [0, 0.1) is 0 Å². The lowest BCUT2D eigenvalue weighted by Gasteiger charge is -2.43. The van der Waals surface area contributed by atoms with Crippen LogP contribution in [-0.2, 0) is 24.6 Å². The Bertz CT molecular complexity index is 802. The maximum atomic E-state index is 13.0. The van der Waals surface area contributed by atoms with E-state index in [1.165, 1.54) is 0 Å². The number of amides is 2. The Morgan fingerprint density at radius 3 is 2.17 bits per heavy atom. The van der Waals surface area contributed by atoms with Gasteiger partial charge in [-0.25, -0.2) is 4.79 Å². The molecule has 0 aromatic heterocycles.